The van der Waals surface area contributed by atoms with Crippen LogP contribution in [0.3, 0.4) is 0 Å². The third kappa shape index (κ3) is 2.71. The number of hydrogen-bond donors (Lipinski definition) is 1. The summed E-state index contributed by atoms with van der Waals surface area (Å²) in [4.78, 5) is 0. The highest BCUT2D eigenvalue weighted by Gasteiger charge is 2.42. The van der Waals surface area contributed by atoms with Gasteiger partial charge in [0, 0.05) is 12.1 Å². The Morgan fingerprint density at radius 1 is 1.40 bits per heavy atom. The van der Waals surface area contributed by atoms with Gasteiger partial charge in [0.15, 0.2) is 9.84 Å². The van der Waals surface area contributed by atoms with E-state index in [0.717, 1.165) is 6.42 Å². The van der Waals surface area contributed by atoms with E-state index in [4.69, 9.17) is 4.74 Å². The second-order valence-corrected chi connectivity index (χ2v) is 7.20. The number of rotatable bonds is 2. The molecule has 2 aliphatic heterocycles. The molecule has 3 unspecified atom stereocenters. The van der Waals surface area contributed by atoms with Crippen molar-refractivity contribution in [2.24, 2.45) is 5.92 Å². The first-order valence-corrected chi connectivity index (χ1v) is 7.36. The molecule has 0 aromatic carbocycles. The van der Waals surface area contributed by atoms with Gasteiger partial charge >= 0.3 is 0 Å². The van der Waals surface area contributed by atoms with Gasteiger partial charge in [-0.05, 0) is 12.3 Å². The summed E-state index contributed by atoms with van der Waals surface area (Å²) in [5.41, 5.74) is 0. The van der Waals surface area contributed by atoms with Gasteiger partial charge in [0.05, 0.1) is 24.2 Å². The van der Waals surface area contributed by atoms with Gasteiger partial charge in [-0.25, -0.2) is 8.42 Å². The Labute approximate surface area is 91.3 Å². The predicted molar refractivity (Wildman–Crippen MR) is 58.6 cm³/mol. The SMILES string of the molecule is CC(C)CC1COC2CS(=O)(=O)CC2N1. The number of nitrogens with one attached hydrogen (secondary N) is 1. The summed E-state index contributed by atoms with van der Waals surface area (Å²) in [6.07, 6.45) is 0.932. The van der Waals surface area contributed by atoms with E-state index in [2.05, 4.69) is 19.2 Å². The molecule has 0 saturated carbocycles. The van der Waals surface area contributed by atoms with Crippen molar-refractivity contribution in [1.82, 2.24) is 5.32 Å². The molecule has 2 aliphatic rings. The van der Waals surface area contributed by atoms with Gasteiger partial charge < -0.3 is 10.1 Å². The van der Waals surface area contributed by atoms with Crippen LogP contribution in [0.2, 0.25) is 0 Å². The standard InChI is InChI=1S/C10H19NO3S/c1-7(2)3-8-4-14-10-6-15(12,13)5-9(10)11-8/h7-11H,3-6H2,1-2H3. The fourth-order valence-electron chi connectivity index (χ4n) is 2.43. The van der Waals surface area contributed by atoms with E-state index < -0.39 is 9.84 Å². The molecule has 0 aromatic heterocycles. The minimum absolute atomic E-state index is 0.0208. The van der Waals surface area contributed by atoms with E-state index in [1.54, 1.807) is 0 Å². The van der Waals surface area contributed by atoms with Crippen molar-refractivity contribution < 1.29 is 13.2 Å². The van der Waals surface area contributed by atoms with E-state index in [9.17, 15) is 8.42 Å². The van der Waals surface area contributed by atoms with Crippen LogP contribution < -0.4 is 5.32 Å². The van der Waals surface area contributed by atoms with Crippen LogP contribution in [-0.2, 0) is 14.6 Å². The van der Waals surface area contributed by atoms with E-state index in [1.165, 1.54) is 0 Å². The topological polar surface area (TPSA) is 55.4 Å². The van der Waals surface area contributed by atoms with Crippen LogP contribution in [0.5, 0.6) is 0 Å². The third-order valence-corrected chi connectivity index (χ3v) is 4.72. The number of hydrogen-bond acceptors (Lipinski definition) is 4. The Balaban J connectivity index is 1.95. The molecule has 2 fully saturated rings. The van der Waals surface area contributed by atoms with Gasteiger partial charge in [0.1, 0.15) is 0 Å². The Morgan fingerprint density at radius 3 is 2.80 bits per heavy atom. The molecular weight excluding hydrogens is 214 g/mol. The molecule has 1 N–H and O–H groups in total. The van der Waals surface area contributed by atoms with Crippen LogP contribution in [0.15, 0.2) is 0 Å². The van der Waals surface area contributed by atoms with Gasteiger partial charge in [0.25, 0.3) is 0 Å². The molecule has 5 heteroatoms. The first-order valence-electron chi connectivity index (χ1n) is 5.54. The van der Waals surface area contributed by atoms with Crippen LogP contribution in [-0.4, -0.2) is 44.7 Å². The highest BCUT2D eigenvalue weighted by atomic mass is 32.2. The zero-order chi connectivity index (χ0) is 11.1. The van der Waals surface area contributed by atoms with Gasteiger partial charge in [-0.2, -0.15) is 0 Å². The minimum atomic E-state index is -2.87. The number of sulfone groups is 1. The van der Waals surface area contributed by atoms with Crippen LogP contribution in [0, 0.1) is 5.92 Å². The molecule has 0 radical (unpaired) electrons. The smallest absolute Gasteiger partial charge is 0.154 e. The van der Waals surface area contributed by atoms with Crippen molar-refractivity contribution in [2.75, 3.05) is 18.1 Å². The van der Waals surface area contributed by atoms with Crippen molar-refractivity contribution in [3.8, 4) is 0 Å². The number of fused-ring (bicyclic) bond motifs is 1. The Hall–Kier alpha value is -0.130. The highest BCUT2D eigenvalue weighted by molar-refractivity contribution is 7.91. The second kappa shape index (κ2) is 4.03. The summed E-state index contributed by atoms with van der Waals surface area (Å²) >= 11 is 0. The predicted octanol–water partition coefficient (Wildman–Crippen LogP) is 0.187. The molecule has 2 rings (SSSR count). The number of ether oxygens (including phenoxy) is 1. The second-order valence-electron chi connectivity index (χ2n) is 5.05. The van der Waals surface area contributed by atoms with Crippen LogP contribution in [0.1, 0.15) is 20.3 Å². The first-order chi connectivity index (χ1) is 6.96. The molecule has 2 heterocycles. The minimum Gasteiger partial charge on any atom is -0.374 e. The molecule has 3 atom stereocenters. The number of morpholine rings is 1. The Kier molecular flexibility index (Phi) is 3.05. The fourth-order valence-corrected chi connectivity index (χ4v) is 4.25. The summed E-state index contributed by atoms with van der Waals surface area (Å²) in [7, 11) is -2.87. The Morgan fingerprint density at radius 2 is 2.13 bits per heavy atom. The van der Waals surface area contributed by atoms with E-state index in [1.807, 2.05) is 0 Å². The average molecular weight is 233 g/mol. The molecule has 0 aliphatic carbocycles. The van der Waals surface area contributed by atoms with Crippen molar-refractivity contribution in [3.05, 3.63) is 0 Å². The third-order valence-electron chi connectivity index (χ3n) is 3.02. The lowest BCUT2D eigenvalue weighted by Crippen LogP contribution is -2.53. The monoisotopic (exact) mass is 233 g/mol. The summed E-state index contributed by atoms with van der Waals surface area (Å²) in [6.45, 7) is 4.98. The van der Waals surface area contributed by atoms with Gasteiger partial charge in [-0.15, -0.1) is 0 Å². The molecule has 0 amide bonds. The summed E-state index contributed by atoms with van der Waals surface area (Å²) in [6, 6.07) is 0.340. The molecule has 2 saturated heterocycles. The zero-order valence-electron chi connectivity index (χ0n) is 9.27. The molecule has 0 bridgehead atoms. The van der Waals surface area contributed by atoms with E-state index >= 15 is 0 Å². The molecule has 88 valence electrons. The lowest BCUT2D eigenvalue weighted by Gasteiger charge is -2.33. The van der Waals surface area contributed by atoms with Crippen molar-refractivity contribution >= 4 is 9.84 Å². The van der Waals surface area contributed by atoms with Crippen LogP contribution >= 0.6 is 0 Å². The van der Waals surface area contributed by atoms with Crippen molar-refractivity contribution in [1.29, 1.82) is 0 Å². The largest absolute Gasteiger partial charge is 0.374 e. The maximum Gasteiger partial charge on any atom is 0.154 e. The first kappa shape index (κ1) is 11.4. The normalized spacial score (nSPS) is 39.3. The Bertz CT molecular complexity index is 326. The fraction of sp³-hybridized carbons (Fsp3) is 1.00. The van der Waals surface area contributed by atoms with E-state index in [0.29, 0.717) is 18.6 Å². The zero-order valence-corrected chi connectivity index (χ0v) is 10.1. The van der Waals surface area contributed by atoms with Gasteiger partial charge in [-0.1, -0.05) is 13.8 Å². The summed E-state index contributed by atoms with van der Waals surface area (Å²) in [5, 5.41) is 3.40. The lowest BCUT2D eigenvalue weighted by atomic mass is 10.0. The molecular formula is C10H19NO3S. The summed E-state index contributed by atoms with van der Waals surface area (Å²) in [5.74, 6) is 1.05. The van der Waals surface area contributed by atoms with E-state index in [-0.39, 0.29) is 23.7 Å². The van der Waals surface area contributed by atoms with Crippen molar-refractivity contribution in [2.45, 2.75) is 38.5 Å². The van der Waals surface area contributed by atoms with Crippen LogP contribution in [0.25, 0.3) is 0 Å². The van der Waals surface area contributed by atoms with Gasteiger partial charge in [-0.3, -0.25) is 0 Å². The van der Waals surface area contributed by atoms with Gasteiger partial charge in [0.2, 0.25) is 0 Å². The maximum atomic E-state index is 11.4. The quantitative estimate of drug-likeness (QED) is 0.739. The molecule has 15 heavy (non-hydrogen) atoms. The molecule has 4 nitrogen and oxygen atoms in total. The van der Waals surface area contributed by atoms with Crippen molar-refractivity contribution in [3.63, 3.8) is 0 Å². The van der Waals surface area contributed by atoms with Crippen LogP contribution in [0.4, 0.5) is 0 Å². The maximum absolute atomic E-state index is 11.4. The molecule has 0 aromatic rings. The lowest BCUT2D eigenvalue weighted by molar-refractivity contribution is -0.00771. The summed E-state index contributed by atoms with van der Waals surface area (Å²) < 4.78 is 28.4. The highest BCUT2D eigenvalue weighted by Crippen LogP contribution is 2.22. The molecule has 0 spiro atoms. The average Bonchev–Trinajstić information content (AvgIpc) is 2.36.